The number of nitrogens with zero attached hydrogens (tertiary/aromatic N) is 1. The van der Waals surface area contributed by atoms with Crippen LogP contribution in [0.4, 0.5) is 0 Å². The van der Waals surface area contributed by atoms with Crippen LogP contribution in [0.1, 0.15) is 0 Å². The summed E-state index contributed by atoms with van der Waals surface area (Å²) in [6.45, 7) is 1.58. The van der Waals surface area contributed by atoms with Crippen molar-refractivity contribution in [2.45, 2.75) is 17.5 Å². The van der Waals surface area contributed by atoms with Gasteiger partial charge in [-0.05, 0) is 0 Å². The second kappa shape index (κ2) is 6.47. The van der Waals surface area contributed by atoms with Gasteiger partial charge in [-0.25, -0.2) is 8.42 Å². The zero-order valence-corrected chi connectivity index (χ0v) is 13.0. The summed E-state index contributed by atoms with van der Waals surface area (Å²) in [7, 11) is -3.19. The van der Waals surface area contributed by atoms with E-state index in [4.69, 9.17) is 17.3 Å². The van der Waals surface area contributed by atoms with E-state index in [2.05, 4.69) is 10.6 Å². The summed E-state index contributed by atoms with van der Waals surface area (Å²) in [5.74, 6) is -1.12. The first-order valence-corrected chi connectivity index (χ1v) is 8.92. The molecule has 2 saturated heterocycles. The predicted molar refractivity (Wildman–Crippen MR) is 77.7 cm³/mol. The van der Waals surface area contributed by atoms with Crippen molar-refractivity contribution in [2.75, 3.05) is 37.7 Å². The molecule has 2 heterocycles. The first-order chi connectivity index (χ1) is 9.78. The largest absolute Gasteiger partial charge is 0.368 e. The minimum Gasteiger partial charge on any atom is -0.368 e. The minimum atomic E-state index is -3.19. The Bertz CT molecular complexity index is 526. The predicted octanol–water partition coefficient (Wildman–Crippen LogP) is -2.73. The van der Waals surface area contributed by atoms with Gasteiger partial charge in [-0.15, -0.1) is 11.6 Å². The van der Waals surface area contributed by atoms with Gasteiger partial charge in [-0.1, -0.05) is 0 Å². The third-order valence-corrected chi connectivity index (χ3v) is 6.03. The lowest BCUT2D eigenvalue weighted by Gasteiger charge is -2.33. The third kappa shape index (κ3) is 4.29. The number of nitrogens with two attached hydrogens (primary N) is 1. The molecule has 10 heteroatoms. The van der Waals surface area contributed by atoms with Crippen molar-refractivity contribution in [1.82, 2.24) is 15.5 Å². The molecular formula is C11H19ClN4O4S. The van der Waals surface area contributed by atoms with E-state index in [-0.39, 0.29) is 24.0 Å². The first kappa shape index (κ1) is 16.5. The summed E-state index contributed by atoms with van der Waals surface area (Å²) in [4.78, 5) is 25.0. The van der Waals surface area contributed by atoms with E-state index in [1.165, 1.54) is 0 Å². The molecular weight excluding hydrogens is 320 g/mol. The number of nitrogens with one attached hydrogen (secondary N) is 2. The summed E-state index contributed by atoms with van der Waals surface area (Å²) < 4.78 is 22.9. The smallest absolute Gasteiger partial charge is 0.236 e. The summed E-state index contributed by atoms with van der Waals surface area (Å²) in [6, 6.07) is -1.12. The van der Waals surface area contributed by atoms with E-state index >= 15 is 0 Å². The Hall–Kier alpha value is -0.900. The van der Waals surface area contributed by atoms with Crippen LogP contribution in [-0.2, 0) is 19.4 Å². The highest BCUT2D eigenvalue weighted by Crippen LogP contribution is 2.18. The van der Waals surface area contributed by atoms with Gasteiger partial charge in [0.1, 0.15) is 6.04 Å². The summed E-state index contributed by atoms with van der Waals surface area (Å²) in [6.07, 6.45) is 0. The van der Waals surface area contributed by atoms with Gasteiger partial charge >= 0.3 is 0 Å². The molecule has 0 spiro atoms. The Morgan fingerprint density at radius 3 is 2.67 bits per heavy atom. The van der Waals surface area contributed by atoms with E-state index in [1.807, 2.05) is 0 Å². The van der Waals surface area contributed by atoms with Gasteiger partial charge < -0.3 is 16.4 Å². The van der Waals surface area contributed by atoms with Crippen LogP contribution in [0.2, 0.25) is 0 Å². The minimum absolute atomic E-state index is 0.00452. The maximum absolute atomic E-state index is 12.0. The van der Waals surface area contributed by atoms with Crippen molar-refractivity contribution in [2.24, 2.45) is 5.73 Å². The van der Waals surface area contributed by atoms with Crippen molar-refractivity contribution in [3.63, 3.8) is 0 Å². The quantitative estimate of drug-likeness (QED) is 0.478. The van der Waals surface area contributed by atoms with Gasteiger partial charge in [-0.3, -0.25) is 14.5 Å². The number of amides is 2. The standard InChI is InChI=1S/C11H19ClN4O4S/c12-7-5-21(19,20)6-8(7)15-10(17)4-16-2-1-14-3-9(16)11(13)18/h7-9,14H,1-6H2,(H2,13,18)(H,15,17). The fraction of sp³-hybridized carbons (Fsp3) is 0.818. The molecule has 120 valence electrons. The fourth-order valence-corrected chi connectivity index (χ4v) is 5.14. The Morgan fingerprint density at radius 2 is 2.10 bits per heavy atom. The van der Waals surface area contributed by atoms with Crippen LogP contribution in [0.5, 0.6) is 0 Å². The van der Waals surface area contributed by atoms with Crippen molar-refractivity contribution in [3.05, 3.63) is 0 Å². The highest BCUT2D eigenvalue weighted by molar-refractivity contribution is 7.91. The Balaban J connectivity index is 1.90. The highest BCUT2D eigenvalue weighted by Gasteiger charge is 2.38. The van der Waals surface area contributed by atoms with Crippen LogP contribution in [0.3, 0.4) is 0 Å². The molecule has 0 radical (unpaired) electrons. The number of primary amides is 1. The molecule has 0 aliphatic carbocycles. The second-order valence-electron chi connectivity index (χ2n) is 5.36. The lowest BCUT2D eigenvalue weighted by Crippen LogP contribution is -2.59. The summed E-state index contributed by atoms with van der Waals surface area (Å²) >= 11 is 5.94. The number of carbonyl (C=O) groups is 2. The average Bonchev–Trinajstić information content (AvgIpc) is 2.62. The molecule has 3 unspecified atom stereocenters. The lowest BCUT2D eigenvalue weighted by atomic mass is 10.1. The summed E-state index contributed by atoms with van der Waals surface area (Å²) in [5.41, 5.74) is 5.30. The van der Waals surface area contributed by atoms with E-state index in [1.54, 1.807) is 4.90 Å². The lowest BCUT2D eigenvalue weighted by molar-refractivity contribution is -0.127. The molecule has 8 nitrogen and oxygen atoms in total. The number of hydrogen-bond acceptors (Lipinski definition) is 6. The van der Waals surface area contributed by atoms with Crippen LogP contribution in [-0.4, -0.2) is 80.3 Å². The average molecular weight is 339 g/mol. The molecule has 2 aliphatic heterocycles. The highest BCUT2D eigenvalue weighted by atomic mass is 35.5. The van der Waals surface area contributed by atoms with Crippen molar-refractivity contribution in [3.8, 4) is 0 Å². The molecule has 2 rings (SSSR count). The van der Waals surface area contributed by atoms with Gasteiger partial charge in [0.2, 0.25) is 11.8 Å². The first-order valence-electron chi connectivity index (χ1n) is 6.66. The molecule has 2 amide bonds. The second-order valence-corrected chi connectivity index (χ2v) is 8.07. The van der Waals surface area contributed by atoms with Gasteiger partial charge in [-0.2, -0.15) is 0 Å². The molecule has 2 fully saturated rings. The molecule has 3 atom stereocenters. The fourth-order valence-electron chi connectivity index (χ4n) is 2.59. The van der Waals surface area contributed by atoms with Gasteiger partial charge in [0.05, 0.1) is 29.5 Å². The van der Waals surface area contributed by atoms with Crippen molar-refractivity contribution >= 4 is 33.3 Å². The molecule has 4 N–H and O–H groups in total. The van der Waals surface area contributed by atoms with E-state index in [0.29, 0.717) is 19.6 Å². The number of sulfone groups is 1. The zero-order chi connectivity index (χ0) is 15.6. The van der Waals surface area contributed by atoms with Crippen LogP contribution in [0.15, 0.2) is 0 Å². The van der Waals surface area contributed by atoms with Gasteiger partial charge in [0.15, 0.2) is 9.84 Å². The third-order valence-electron chi connectivity index (χ3n) is 3.66. The maximum Gasteiger partial charge on any atom is 0.236 e. The van der Waals surface area contributed by atoms with E-state index in [9.17, 15) is 18.0 Å². The van der Waals surface area contributed by atoms with Crippen LogP contribution in [0.25, 0.3) is 0 Å². The van der Waals surface area contributed by atoms with E-state index in [0.717, 1.165) is 0 Å². The molecule has 0 aromatic heterocycles. The Morgan fingerprint density at radius 1 is 1.38 bits per heavy atom. The molecule has 0 saturated carbocycles. The number of piperazine rings is 1. The molecule has 0 aromatic rings. The number of alkyl halides is 1. The normalized spacial score (nSPS) is 32.7. The Labute approximate surface area is 128 Å². The van der Waals surface area contributed by atoms with Gasteiger partial charge in [0, 0.05) is 19.6 Å². The zero-order valence-electron chi connectivity index (χ0n) is 11.4. The van der Waals surface area contributed by atoms with Crippen LogP contribution < -0.4 is 16.4 Å². The number of carbonyl (C=O) groups excluding carboxylic acids is 2. The van der Waals surface area contributed by atoms with Crippen molar-refractivity contribution in [1.29, 1.82) is 0 Å². The van der Waals surface area contributed by atoms with Crippen molar-refractivity contribution < 1.29 is 18.0 Å². The van der Waals surface area contributed by atoms with E-state index < -0.39 is 33.2 Å². The molecule has 2 aliphatic rings. The summed E-state index contributed by atoms with van der Waals surface area (Å²) in [5, 5.41) is 5.05. The topological polar surface area (TPSA) is 122 Å². The monoisotopic (exact) mass is 338 g/mol. The molecule has 21 heavy (non-hydrogen) atoms. The SMILES string of the molecule is NC(=O)C1CNCCN1CC(=O)NC1CS(=O)(=O)CC1Cl. The Kier molecular flexibility index (Phi) is 5.07. The molecule has 0 bridgehead atoms. The van der Waals surface area contributed by atoms with Crippen LogP contribution in [0, 0.1) is 0 Å². The molecule has 0 aromatic carbocycles. The number of halogens is 1. The number of hydrogen-bond donors (Lipinski definition) is 3. The maximum atomic E-state index is 12.0. The van der Waals surface area contributed by atoms with Gasteiger partial charge in [0.25, 0.3) is 0 Å². The number of rotatable bonds is 4. The van der Waals surface area contributed by atoms with Crippen LogP contribution >= 0.6 is 11.6 Å².